The van der Waals surface area contributed by atoms with Gasteiger partial charge in [0.1, 0.15) is 11.6 Å². The molecule has 0 heterocycles. The van der Waals surface area contributed by atoms with Crippen molar-refractivity contribution in [3.63, 3.8) is 0 Å². The number of carbonyl (C=O) groups is 2. The minimum Gasteiger partial charge on any atom is -0.311 e. The third kappa shape index (κ3) is 7.81. The second-order valence-corrected chi connectivity index (χ2v) is 6.43. The third-order valence-corrected chi connectivity index (χ3v) is 4.93. The smallest absolute Gasteiger partial charge is 0.147 e. The largest absolute Gasteiger partial charge is 0.311 e. The summed E-state index contributed by atoms with van der Waals surface area (Å²) < 4.78 is 0. The summed E-state index contributed by atoms with van der Waals surface area (Å²) in [6.45, 7) is 3.20. The second-order valence-electron chi connectivity index (χ2n) is 3.80. The highest BCUT2D eigenvalue weighted by Crippen LogP contribution is 2.23. The minimum absolute atomic E-state index is 0.0454. The average Bonchev–Trinajstić information content (AvgIpc) is 2.27. The molecule has 0 amide bonds. The van der Waals surface area contributed by atoms with Crippen LogP contribution in [-0.2, 0) is 9.59 Å². The Hall–Kier alpha value is -0.0400. The van der Waals surface area contributed by atoms with E-state index >= 15 is 0 Å². The maximum atomic E-state index is 11.1. The molecule has 0 fully saturated rings. The fourth-order valence-corrected chi connectivity index (χ4v) is 3.72. The van der Waals surface area contributed by atoms with Crippen LogP contribution in [0.4, 0.5) is 0 Å². The zero-order valence-electron chi connectivity index (χ0n) is 10.9. The molecular weight excluding hydrogens is 256 g/mol. The van der Waals surface area contributed by atoms with Crippen LogP contribution in [0, 0.1) is 0 Å². The number of Topliss-reactive ketones (excluding diaryl/α,β-unsaturated/α-hetero) is 2. The molecule has 0 unspecified atom stereocenters. The van der Waals surface area contributed by atoms with Gasteiger partial charge in [-0.3, -0.25) is 9.59 Å². The summed E-state index contributed by atoms with van der Waals surface area (Å²) in [6.07, 6.45) is 0.827. The summed E-state index contributed by atoms with van der Waals surface area (Å²) in [5.41, 5.74) is 0. The van der Waals surface area contributed by atoms with E-state index in [1.54, 1.807) is 49.5 Å². The van der Waals surface area contributed by atoms with Crippen molar-refractivity contribution in [3.8, 4) is 0 Å². The Labute approximate surface area is 111 Å². The Morgan fingerprint density at radius 3 is 1.94 bits per heavy atom. The van der Waals surface area contributed by atoms with Crippen LogP contribution in [0.3, 0.4) is 0 Å². The van der Waals surface area contributed by atoms with Crippen LogP contribution >= 0.6 is 21.6 Å². The van der Waals surface area contributed by atoms with Crippen LogP contribution in [-0.4, -0.2) is 49.3 Å². The molecule has 6 heteroatoms. The van der Waals surface area contributed by atoms with Crippen LogP contribution in [0.5, 0.6) is 0 Å². The maximum absolute atomic E-state index is 11.1. The zero-order chi connectivity index (χ0) is 13.3. The summed E-state index contributed by atoms with van der Waals surface area (Å²) >= 11 is 0. The summed E-state index contributed by atoms with van der Waals surface area (Å²) in [6, 6.07) is -0.114. The summed E-state index contributed by atoms with van der Waals surface area (Å²) in [5, 5.41) is 5.97. The molecule has 0 aliphatic carbocycles. The Kier molecular flexibility index (Phi) is 9.91. The molecule has 0 saturated heterocycles. The Bertz CT molecular complexity index is 226. The molecule has 0 aliphatic rings. The quantitative estimate of drug-likeness (QED) is 0.461. The normalized spacial score (nSPS) is 14.4. The molecule has 0 radical (unpaired) electrons. The second kappa shape index (κ2) is 9.94. The van der Waals surface area contributed by atoms with Gasteiger partial charge < -0.3 is 10.6 Å². The lowest BCUT2D eigenvalue weighted by Crippen LogP contribution is -2.34. The fraction of sp³-hybridized carbons (Fsp3) is 0.818. The number of rotatable bonds is 10. The molecule has 100 valence electrons. The molecule has 0 spiro atoms. The van der Waals surface area contributed by atoms with Gasteiger partial charge in [-0.05, 0) is 34.4 Å². The van der Waals surface area contributed by atoms with Crippen LogP contribution in [0.2, 0.25) is 0 Å². The van der Waals surface area contributed by atoms with E-state index in [1.165, 1.54) is 0 Å². The van der Waals surface area contributed by atoms with Gasteiger partial charge in [0.05, 0.1) is 12.1 Å². The highest BCUT2D eigenvalue weighted by molar-refractivity contribution is 8.76. The van der Waals surface area contributed by atoms with Gasteiger partial charge in [0.15, 0.2) is 0 Å². The van der Waals surface area contributed by atoms with E-state index in [9.17, 15) is 9.59 Å². The lowest BCUT2D eigenvalue weighted by molar-refractivity contribution is -0.119. The van der Waals surface area contributed by atoms with Crippen molar-refractivity contribution in [1.82, 2.24) is 10.6 Å². The first-order valence-electron chi connectivity index (χ1n) is 5.62. The van der Waals surface area contributed by atoms with Gasteiger partial charge in [-0.2, -0.15) is 0 Å². The van der Waals surface area contributed by atoms with Gasteiger partial charge in [0.25, 0.3) is 0 Å². The number of ketones is 2. The number of nitrogens with one attached hydrogen (secondary N) is 2. The van der Waals surface area contributed by atoms with Gasteiger partial charge >= 0.3 is 0 Å². The number of carbonyl (C=O) groups excluding carboxylic acids is 2. The van der Waals surface area contributed by atoms with Gasteiger partial charge in [-0.1, -0.05) is 21.6 Å². The topological polar surface area (TPSA) is 58.2 Å². The Morgan fingerprint density at radius 1 is 1.00 bits per heavy atom. The molecule has 0 aromatic heterocycles. The summed E-state index contributed by atoms with van der Waals surface area (Å²) in [4.78, 5) is 22.3. The van der Waals surface area contributed by atoms with E-state index < -0.39 is 0 Å². The number of hydrogen-bond acceptors (Lipinski definition) is 6. The summed E-state index contributed by atoms with van der Waals surface area (Å²) in [5.74, 6) is 2.01. The van der Waals surface area contributed by atoms with Crippen LogP contribution < -0.4 is 10.6 Å². The average molecular weight is 278 g/mol. The zero-order valence-corrected chi connectivity index (χ0v) is 12.5. The van der Waals surface area contributed by atoms with E-state index in [0.717, 1.165) is 17.9 Å². The van der Waals surface area contributed by atoms with E-state index in [0.29, 0.717) is 0 Å². The monoisotopic (exact) mass is 278 g/mol. The predicted molar refractivity (Wildman–Crippen MR) is 76.6 cm³/mol. The van der Waals surface area contributed by atoms with Crippen molar-refractivity contribution in [1.29, 1.82) is 0 Å². The van der Waals surface area contributed by atoms with Crippen LogP contribution in [0.15, 0.2) is 0 Å². The molecule has 2 atom stereocenters. The molecular formula is C11H22N2O2S2. The number of hydrogen-bond donors (Lipinski definition) is 2. The van der Waals surface area contributed by atoms with Crippen LogP contribution in [0.25, 0.3) is 0 Å². The van der Waals surface area contributed by atoms with E-state index in [2.05, 4.69) is 10.6 Å². The van der Waals surface area contributed by atoms with Gasteiger partial charge in [0, 0.05) is 11.5 Å². The molecule has 2 N–H and O–H groups in total. The lowest BCUT2D eigenvalue weighted by Gasteiger charge is -2.13. The minimum atomic E-state index is -0.0691. The van der Waals surface area contributed by atoms with Crippen LogP contribution in [0.1, 0.15) is 20.3 Å². The highest BCUT2D eigenvalue weighted by atomic mass is 33.1. The van der Waals surface area contributed by atoms with Crippen molar-refractivity contribution < 1.29 is 9.59 Å². The van der Waals surface area contributed by atoms with E-state index in [-0.39, 0.29) is 23.7 Å². The molecule has 0 bridgehead atoms. The first kappa shape index (κ1) is 17.0. The summed E-state index contributed by atoms with van der Waals surface area (Å²) in [7, 11) is 6.98. The van der Waals surface area contributed by atoms with Gasteiger partial charge in [0.2, 0.25) is 0 Å². The number of likely N-dealkylation sites (N-methyl/N-ethyl adjacent to an activating group) is 2. The highest BCUT2D eigenvalue weighted by Gasteiger charge is 2.13. The molecule has 0 rings (SSSR count). The molecule has 0 aliphatic heterocycles. The Morgan fingerprint density at radius 2 is 1.53 bits per heavy atom. The fourth-order valence-electron chi connectivity index (χ4n) is 1.30. The molecule has 0 saturated carbocycles. The Balaban J connectivity index is 3.64. The molecule has 0 aromatic rings. The standard InChI is InChI=1S/C11H22N2O2S2/c1-8(14)10(12-3)5-6-16-17-7-11(13-4)9(2)15/h10-13H,5-7H2,1-4H3/t10-,11-/m0/s1. The lowest BCUT2D eigenvalue weighted by atomic mass is 10.1. The first-order chi connectivity index (χ1) is 8.02. The van der Waals surface area contributed by atoms with Crippen molar-refractivity contribution >= 4 is 33.2 Å². The molecule has 17 heavy (non-hydrogen) atoms. The SMILES string of the molecule is CN[C@@H](CCSSC[C@H](NC)C(C)=O)C(C)=O. The van der Waals surface area contributed by atoms with Crippen molar-refractivity contribution in [2.45, 2.75) is 32.4 Å². The van der Waals surface area contributed by atoms with Crippen molar-refractivity contribution in [2.75, 3.05) is 25.6 Å². The van der Waals surface area contributed by atoms with E-state index in [4.69, 9.17) is 0 Å². The molecule has 4 nitrogen and oxygen atoms in total. The van der Waals surface area contributed by atoms with Crippen molar-refractivity contribution in [3.05, 3.63) is 0 Å². The predicted octanol–water partition coefficient (Wildman–Crippen LogP) is 1.11. The third-order valence-electron chi connectivity index (χ3n) is 2.49. The van der Waals surface area contributed by atoms with Gasteiger partial charge in [-0.15, -0.1) is 0 Å². The van der Waals surface area contributed by atoms with E-state index in [1.807, 2.05) is 0 Å². The molecule has 0 aromatic carbocycles. The van der Waals surface area contributed by atoms with Gasteiger partial charge in [-0.25, -0.2) is 0 Å². The maximum Gasteiger partial charge on any atom is 0.147 e. The first-order valence-corrected chi connectivity index (χ1v) is 8.11. The van der Waals surface area contributed by atoms with Crippen molar-refractivity contribution in [2.24, 2.45) is 0 Å².